The van der Waals surface area contributed by atoms with Gasteiger partial charge < -0.3 is 9.42 Å². The average Bonchev–Trinajstić information content (AvgIpc) is 2.95. The van der Waals surface area contributed by atoms with Crippen molar-refractivity contribution in [3.63, 3.8) is 0 Å². The number of amides is 1. The van der Waals surface area contributed by atoms with Gasteiger partial charge in [0.1, 0.15) is 0 Å². The lowest BCUT2D eigenvalue weighted by molar-refractivity contribution is -0.134. The Morgan fingerprint density at radius 3 is 2.85 bits per heavy atom. The first-order valence-electron chi connectivity index (χ1n) is 6.68. The second-order valence-electron chi connectivity index (χ2n) is 5.15. The molecule has 1 aromatic rings. The van der Waals surface area contributed by atoms with Gasteiger partial charge in [-0.05, 0) is 12.8 Å². The van der Waals surface area contributed by atoms with Crippen LogP contribution in [0.25, 0.3) is 0 Å². The van der Waals surface area contributed by atoms with E-state index in [2.05, 4.69) is 10.1 Å². The van der Waals surface area contributed by atoms with Gasteiger partial charge in [-0.1, -0.05) is 12.1 Å². The first kappa shape index (κ1) is 15.0. The lowest BCUT2D eigenvalue weighted by Gasteiger charge is -2.18. The van der Waals surface area contributed by atoms with Gasteiger partial charge in [-0.15, -0.1) is 0 Å². The molecule has 0 spiro atoms. The molecule has 112 valence electrons. The minimum Gasteiger partial charge on any atom is -0.337 e. The van der Waals surface area contributed by atoms with E-state index in [1.54, 1.807) is 7.05 Å². The quantitative estimate of drug-likeness (QED) is 0.782. The third kappa shape index (κ3) is 3.56. The van der Waals surface area contributed by atoms with Gasteiger partial charge in [-0.2, -0.15) is 4.98 Å². The molecule has 0 bridgehead atoms. The summed E-state index contributed by atoms with van der Waals surface area (Å²) >= 11 is 0. The lowest BCUT2D eigenvalue weighted by Crippen LogP contribution is -2.33. The number of hydrogen-bond donors (Lipinski definition) is 0. The van der Waals surface area contributed by atoms with E-state index in [0.717, 1.165) is 12.8 Å². The fourth-order valence-corrected chi connectivity index (χ4v) is 3.99. The molecule has 1 saturated heterocycles. The third-order valence-electron chi connectivity index (χ3n) is 3.31. The summed E-state index contributed by atoms with van der Waals surface area (Å²) in [5, 5.41) is 3.82. The molecule has 0 unspecified atom stereocenters. The molecule has 2 rings (SSSR count). The van der Waals surface area contributed by atoms with E-state index < -0.39 is 15.8 Å². The molecule has 20 heavy (non-hydrogen) atoms. The highest BCUT2D eigenvalue weighted by Crippen LogP contribution is 2.20. The molecule has 1 amide bonds. The van der Waals surface area contributed by atoms with Crippen molar-refractivity contribution in [1.29, 1.82) is 0 Å². The van der Waals surface area contributed by atoms with Gasteiger partial charge in [0, 0.05) is 13.5 Å². The van der Waals surface area contributed by atoms with Crippen molar-refractivity contribution in [2.24, 2.45) is 5.92 Å². The molecule has 1 aliphatic rings. The van der Waals surface area contributed by atoms with Gasteiger partial charge in [-0.25, -0.2) is 8.42 Å². The minimum absolute atomic E-state index is 0.0545. The van der Waals surface area contributed by atoms with Crippen molar-refractivity contribution in [2.45, 2.75) is 32.7 Å². The number of aromatic nitrogens is 2. The smallest absolute Gasteiger partial charge is 0.246 e. The molecule has 0 saturated carbocycles. The molecule has 0 radical (unpaired) electrons. The maximum Gasteiger partial charge on any atom is 0.246 e. The summed E-state index contributed by atoms with van der Waals surface area (Å²) in [7, 11) is -1.43. The average molecular weight is 301 g/mol. The molecule has 1 atom stereocenters. The Kier molecular flexibility index (Phi) is 4.42. The summed E-state index contributed by atoms with van der Waals surface area (Å²) in [6.45, 7) is 2.23. The molecular formula is C12H19N3O4S. The first-order valence-corrected chi connectivity index (χ1v) is 8.50. The van der Waals surface area contributed by atoms with Gasteiger partial charge in [0.05, 0.1) is 24.0 Å². The molecule has 2 heterocycles. The van der Waals surface area contributed by atoms with Crippen LogP contribution in [0.15, 0.2) is 4.52 Å². The van der Waals surface area contributed by atoms with Gasteiger partial charge in [0.2, 0.25) is 11.8 Å². The van der Waals surface area contributed by atoms with E-state index in [4.69, 9.17) is 4.52 Å². The lowest BCUT2D eigenvalue weighted by atomic mass is 10.1. The second kappa shape index (κ2) is 5.90. The van der Waals surface area contributed by atoms with Crippen LogP contribution in [0.4, 0.5) is 0 Å². The predicted molar refractivity (Wildman–Crippen MR) is 71.5 cm³/mol. The number of nitrogens with zero attached hydrogens (tertiary/aromatic N) is 3. The fourth-order valence-electron chi connectivity index (χ4n) is 2.26. The summed E-state index contributed by atoms with van der Waals surface area (Å²) < 4.78 is 27.8. The standard InChI is InChI=1S/C12H19N3O4S/c1-3-4-10-13-11(19-14-10)7-15(2)12(16)9-5-6-20(17,18)8-9/h9H,3-8H2,1-2H3/t9-/m0/s1. The van der Waals surface area contributed by atoms with E-state index in [-0.39, 0.29) is 24.0 Å². The summed E-state index contributed by atoms with van der Waals surface area (Å²) in [6.07, 6.45) is 2.06. The van der Waals surface area contributed by atoms with Crippen molar-refractivity contribution in [3.05, 3.63) is 11.7 Å². The Labute approximate surface area is 118 Å². The van der Waals surface area contributed by atoms with Crippen molar-refractivity contribution in [2.75, 3.05) is 18.6 Å². The minimum atomic E-state index is -3.05. The molecule has 1 fully saturated rings. The molecule has 0 N–H and O–H groups in total. The Balaban J connectivity index is 1.93. The Bertz CT molecular complexity index is 581. The predicted octanol–water partition coefficient (Wildman–Crippen LogP) is 0.415. The SMILES string of the molecule is CCCc1noc(CN(C)C(=O)[C@H]2CCS(=O)(=O)C2)n1. The molecule has 1 aliphatic heterocycles. The fraction of sp³-hybridized carbons (Fsp3) is 0.750. The number of hydrogen-bond acceptors (Lipinski definition) is 6. The van der Waals surface area contributed by atoms with E-state index in [0.29, 0.717) is 18.1 Å². The Morgan fingerprint density at radius 2 is 2.25 bits per heavy atom. The van der Waals surface area contributed by atoms with Crippen LogP contribution in [0, 0.1) is 5.92 Å². The zero-order chi connectivity index (χ0) is 14.8. The Hall–Kier alpha value is -1.44. The van der Waals surface area contributed by atoms with Crippen LogP contribution in [0.2, 0.25) is 0 Å². The number of carbonyl (C=O) groups excluding carboxylic acids is 1. The molecule has 1 aromatic heterocycles. The molecule has 0 aliphatic carbocycles. The summed E-state index contributed by atoms with van der Waals surface area (Å²) in [5.41, 5.74) is 0. The van der Waals surface area contributed by atoms with Crippen LogP contribution in [-0.2, 0) is 27.6 Å². The van der Waals surface area contributed by atoms with Crippen molar-refractivity contribution in [1.82, 2.24) is 15.0 Å². The normalized spacial score (nSPS) is 21.0. The van der Waals surface area contributed by atoms with E-state index >= 15 is 0 Å². The third-order valence-corrected chi connectivity index (χ3v) is 5.08. The van der Waals surface area contributed by atoms with Gasteiger partial charge in [0.15, 0.2) is 15.7 Å². The zero-order valence-corrected chi connectivity index (χ0v) is 12.5. The first-order chi connectivity index (χ1) is 9.41. The number of rotatable bonds is 5. The highest BCUT2D eigenvalue weighted by atomic mass is 32.2. The largest absolute Gasteiger partial charge is 0.337 e. The van der Waals surface area contributed by atoms with Crippen molar-refractivity contribution in [3.8, 4) is 0 Å². The van der Waals surface area contributed by atoms with Gasteiger partial charge >= 0.3 is 0 Å². The number of sulfone groups is 1. The monoisotopic (exact) mass is 301 g/mol. The molecule has 8 heteroatoms. The molecule has 7 nitrogen and oxygen atoms in total. The second-order valence-corrected chi connectivity index (χ2v) is 7.38. The number of carbonyl (C=O) groups is 1. The highest BCUT2D eigenvalue weighted by Gasteiger charge is 2.34. The van der Waals surface area contributed by atoms with E-state index in [1.807, 2.05) is 6.92 Å². The number of aryl methyl sites for hydroxylation is 1. The van der Waals surface area contributed by atoms with Crippen molar-refractivity contribution >= 4 is 15.7 Å². The summed E-state index contributed by atoms with van der Waals surface area (Å²) in [6, 6.07) is 0. The highest BCUT2D eigenvalue weighted by molar-refractivity contribution is 7.91. The van der Waals surface area contributed by atoms with Crippen molar-refractivity contribution < 1.29 is 17.7 Å². The van der Waals surface area contributed by atoms with Crippen LogP contribution in [-0.4, -0.2) is 47.9 Å². The van der Waals surface area contributed by atoms with Crippen LogP contribution >= 0.6 is 0 Å². The molecule has 0 aromatic carbocycles. The Morgan fingerprint density at radius 1 is 1.50 bits per heavy atom. The van der Waals surface area contributed by atoms with Crippen LogP contribution < -0.4 is 0 Å². The zero-order valence-electron chi connectivity index (χ0n) is 11.7. The van der Waals surface area contributed by atoms with Crippen LogP contribution in [0.5, 0.6) is 0 Å². The van der Waals surface area contributed by atoms with E-state index in [9.17, 15) is 13.2 Å². The van der Waals surface area contributed by atoms with Crippen LogP contribution in [0.3, 0.4) is 0 Å². The van der Waals surface area contributed by atoms with E-state index in [1.165, 1.54) is 4.90 Å². The van der Waals surface area contributed by atoms with Crippen LogP contribution in [0.1, 0.15) is 31.5 Å². The topological polar surface area (TPSA) is 93.4 Å². The molecular weight excluding hydrogens is 282 g/mol. The summed E-state index contributed by atoms with van der Waals surface area (Å²) in [4.78, 5) is 17.8. The van der Waals surface area contributed by atoms with Gasteiger partial charge in [-0.3, -0.25) is 4.79 Å². The maximum absolute atomic E-state index is 12.1. The van der Waals surface area contributed by atoms with Gasteiger partial charge in [0.25, 0.3) is 0 Å². The maximum atomic E-state index is 12.1. The summed E-state index contributed by atoms with van der Waals surface area (Å²) in [5.74, 6) is 0.431.